The summed E-state index contributed by atoms with van der Waals surface area (Å²) in [7, 11) is 0. The van der Waals surface area contributed by atoms with E-state index in [9.17, 15) is 22.4 Å². The predicted octanol–water partition coefficient (Wildman–Crippen LogP) is 3.81. The number of amides is 1. The standard InChI is InChI=1S/C19H13F4N5O2/c20-10-1-2-11(21)17-9(10)7-14(30-17)16-15-12(24-8-25-15)4-6-27(16)18(29)13-3-5-26-28(13)19(22)23/h1-3,5,7-8,16,19H,4,6H2,(H,24,25)/t16-/m0/s1. The number of carbonyl (C=O) groups is 1. The second kappa shape index (κ2) is 6.71. The molecule has 30 heavy (non-hydrogen) atoms. The molecule has 1 aromatic carbocycles. The molecule has 1 aliphatic heterocycles. The number of aromatic nitrogens is 4. The summed E-state index contributed by atoms with van der Waals surface area (Å²) in [4.78, 5) is 21.6. The second-order valence-corrected chi connectivity index (χ2v) is 6.78. The Hall–Kier alpha value is -3.63. The van der Waals surface area contributed by atoms with Crippen molar-refractivity contribution in [2.45, 2.75) is 19.0 Å². The topological polar surface area (TPSA) is 80.0 Å². The minimum Gasteiger partial charge on any atom is -0.455 e. The molecular formula is C19H13F4N5O2. The fourth-order valence-electron chi connectivity index (χ4n) is 3.78. The molecule has 1 aliphatic rings. The molecule has 0 radical (unpaired) electrons. The van der Waals surface area contributed by atoms with Gasteiger partial charge in [-0.2, -0.15) is 18.6 Å². The average Bonchev–Trinajstić information content (AvgIpc) is 3.48. The van der Waals surface area contributed by atoms with E-state index in [1.54, 1.807) is 0 Å². The number of carbonyl (C=O) groups excluding carboxylic acids is 1. The zero-order valence-electron chi connectivity index (χ0n) is 15.2. The van der Waals surface area contributed by atoms with Gasteiger partial charge in [-0.25, -0.2) is 13.8 Å². The van der Waals surface area contributed by atoms with Gasteiger partial charge < -0.3 is 14.3 Å². The molecule has 1 amide bonds. The SMILES string of the molecule is O=C(c1ccnn1C(F)F)N1CCc2[nH]cnc2[C@@H]1c1cc2c(F)ccc(F)c2o1. The van der Waals surface area contributed by atoms with Crippen molar-refractivity contribution in [2.75, 3.05) is 6.54 Å². The largest absolute Gasteiger partial charge is 0.455 e. The lowest BCUT2D eigenvalue weighted by Crippen LogP contribution is -2.41. The molecule has 1 atom stereocenters. The lowest BCUT2D eigenvalue weighted by molar-refractivity contribution is 0.0436. The Morgan fingerprint density at radius 2 is 2.03 bits per heavy atom. The Morgan fingerprint density at radius 1 is 1.23 bits per heavy atom. The number of rotatable bonds is 3. The van der Waals surface area contributed by atoms with Gasteiger partial charge in [-0.05, 0) is 24.3 Å². The average molecular weight is 419 g/mol. The number of aromatic amines is 1. The molecule has 5 rings (SSSR count). The van der Waals surface area contributed by atoms with Crippen LogP contribution in [0.4, 0.5) is 17.6 Å². The van der Waals surface area contributed by atoms with Crippen LogP contribution >= 0.6 is 0 Å². The molecule has 0 saturated heterocycles. The highest BCUT2D eigenvalue weighted by Gasteiger charge is 2.38. The van der Waals surface area contributed by atoms with Crippen LogP contribution in [0.5, 0.6) is 0 Å². The Kier molecular flexibility index (Phi) is 4.12. The lowest BCUT2D eigenvalue weighted by Gasteiger charge is -2.33. The Morgan fingerprint density at radius 3 is 2.80 bits per heavy atom. The number of nitrogens with one attached hydrogen (secondary N) is 1. The summed E-state index contributed by atoms with van der Waals surface area (Å²) in [5.74, 6) is -2.11. The van der Waals surface area contributed by atoms with E-state index in [-0.39, 0.29) is 29.0 Å². The third-order valence-corrected chi connectivity index (χ3v) is 5.13. The number of benzene rings is 1. The molecule has 7 nitrogen and oxygen atoms in total. The molecule has 0 spiro atoms. The summed E-state index contributed by atoms with van der Waals surface area (Å²) in [6.07, 6.45) is 2.92. The fraction of sp³-hybridized carbons (Fsp3) is 0.211. The van der Waals surface area contributed by atoms with Crippen molar-refractivity contribution in [3.05, 3.63) is 71.3 Å². The van der Waals surface area contributed by atoms with Gasteiger partial charge in [-0.1, -0.05) is 0 Å². The van der Waals surface area contributed by atoms with Crippen LogP contribution in [0.25, 0.3) is 11.0 Å². The van der Waals surface area contributed by atoms with Gasteiger partial charge in [0.05, 0.1) is 17.4 Å². The van der Waals surface area contributed by atoms with Gasteiger partial charge in [0, 0.05) is 24.9 Å². The smallest absolute Gasteiger partial charge is 0.333 e. The molecule has 0 bridgehead atoms. The van der Waals surface area contributed by atoms with E-state index in [0.29, 0.717) is 22.5 Å². The van der Waals surface area contributed by atoms with E-state index >= 15 is 0 Å². The molecule has 0 saturated carbocycles. The van der Waals surface area contributed by atoms with Crippen LogP contribution in [0.15, 0.2) is 41.2 Å². The maximum absolute atomic E-state index is 14.2. The van der Waals surface area contributed by atoms with Gasteiger partial charge in [0.2, 0.25) is 0 Å². The summed E-state index contributed by atoms with van der Waals surface area (Å²) in [6.45, 7) is -2.85. The Balaban J connectivity index is 1.65. The van der Waals surface area contributed by atoms with Crippen molar-refractivity contribution in [3.8, 4) is 0 Å². The first-order chi connectivity index (χ1) is 14.5. The molecule has 11 heteroatoms. The zero-order chi connectivity index (χ0) is 21.0. The molecule has 0 fully saturated rings. The Labute approximate surface area is 165 Å². The minimum atomic E-state index is -3.00. The number of fused-ring (bicyclic) bond motifs is 2. The molecular weight excluding hydrogens is 406 g/mol. The van der Waals surface area contributed by atoms with Crippen molar-refractivity contribution < 1.29 is 26.8 Å². The second-order valence-electron chi connectivity index (χ2n) is 6.78. The number of furan rings is 1. The summed E-state index contributed by atoms with van der Waals surface area (Å²) >= 11 is 0. The van der Waals surface area contributed by atoms with Crippen LogP contribution in [-0.2, 0) is 6.42 Å². The number of halogens is 4. The van der Waals surface area contributed by atoms with Gasteiger partial charge in [0.1, 0.15) is 23.3 Å². The first-order valence-electron chi connectivity index (χ1n) is 8.98. The van der Waals surface area contributed by atoms with E-state index in [1.165, 1.54) is 23.4 Å². The number of alkyl halides is 2. The fourth-order valence-corrected chi connectivity index (χ4v) is 3.78. The third-order valence-electron chi connectivity index (χ3n) is 5.13. The molecule has 4 heterocycles. The maximum Gasteiger partial charge on any atom is 0.333 e. The van der Waals surface area contributed by atoms with Gasteiger partial charge in [0.25, 0.3) is 5.91 Å². The number of nitrogens with zero attached hydrogens (tertiary/aromatic N) is 4. The number of hydrogen-bond acceptors (Lipinski definition) is 4. The van der Waals surface area contributed by atoms with Crippen molar-refractivity contribution >= 4 is 16.9 Å². The van der Waals surface area contributed by atoms with E-state index < -0.39 is 30.1 Å². The highest BCUT2D eigenvalue weighted by Crippen LogP contribution is 2.38. The highest BCUT2D eigenvalue weighted by atomic mass is 19.3. The third kappa shape index (κ3) is 2.69. The first kappa shape index (κ1) is 18.4. The van der Waals surface area contributed by atoms with Crippen LogP contribution in [0.2, 0.25) is 0 Å². The molecule has 0 unspecified atom stereocenters. The maximum atomic E-state index is 14.2. The summed E-state index contributed by atoms with van der Waals surface area (Å²) in [5.41, 5.74) is 0.519. The number of H-pyrrole nitrogens is 1. The molecule has 3 aromatic heterocycles. The number of hydrogen-bond donors (Lipinski definition) is 1. The number of imidazole rings is 1. The molecule has 4 aromatic rings. The van der Waals surface area contributed by atoms with Crippen molar-refractivity contribution in [1.82, 2.24) is 24.6 Å². The van der Waals surface area contributed by atoms with Gasteiger partial charge in [-0.3, -0.25) is 4.79 Å². The van der Waals surface area contributed by atoms with Crippen molar-refractivity contribution in [3.63, 3.8) is 0 Å². The van der Waals surface area contributed by atoms with E-state index in [4.69, 9.17) is 4.42 Å². The zero-order valence-corrected chi connectivity index (χ0v) is 15.2. The van der Waals surface area contributed by atoms with E-state index in [1.807, 2.05) is 0 Å². The van der Waals surface area contributed by atoms with Crippen LogP contribution in [0.3, 0.4) is 0 Å². The van der Waals surface area contributed by atoms with Crippen molar-refractivity contribution in [2.24, 2.45) is 0 Å². The highest BCUT2D eigenvalue weighted by molar-refractivity contribution is 5.93. The lowest BCUT2D eigenvalue weighted by atomic mass is 9.99. The van der Waals surface area contributed by atoms with Crippen LogP contribution in [-0.4, -0.2) is 37.1 Å². The van der Waals surface area contributed by atoms with E-state index in [2.05, 4.69) is 15.1 Å². The van der Waals surface area contributed by atoms with Crippen LogP contribution in [0.1, 0.15) is 40.2 Å². The molecule has 0 aliphatic carbocycles. The quantitative estimate of drug-likeness (QED) is 0.512. The summed E-state index contributed by atoms with van der Waals surface area (Å²) in [6, 6.07) is 3.44. The molecule has 1 N–H and O–H groups in total. The van der Waals surface area contributed by atoms with E-state index in [0.717, 1.165) is 18.3 Å². The van der Waals surface area contributed by atoms with Crippen LogP contribution < -0.4 is 0 Å². The van der Waals surface area contributed by atoms with Gasteiger partial charge in [-0.15, -0.1) is 0 Å². The monoisotopic (exact) mass is 419 g/mol. The summed E-state index contributed by atoms with van der Waals surface area (Å²) < 4.78 is 60.7. The van der Waals surface area contributed by atoms with Gasteiger partial charge in [0.15, 0.2) is 11.4 Å². The minimum absolute atomic E-state index is 0.0681. The molecule has 154 valence electrons. The van der Waals surface area contributed by atoms with Gasteiger partial charge >= 0.3 is 6.55 Å². The van der Waals surface area contributed by atoms with Crippen LogP contribution in [0, 0.1) is 11.6 Å². The predicted molar refractivity (Wildman–Crippen MR) is 94.8 cm³/mol. The summed E-state index contributed by atoms with van der Waals surface area (Å²) in [5, 5.41) is 3.41. The normalized spacial score (nSPS) is 16.4. The Bertz CT molecular complexity index is 1220. The first-order valence-corrected chi connectivity index (χ1v) is 8.98. The van der Waals surface area contributed by atoms with Crippen molar-refractivity contribution in [1.29, 1.82) is 0 Å².